The maximum Gasteiger partial charge on any atom is 0.277 e. The van der Waals surface area contributed by atoms with E-state index in [2.05, 4.69) is 10.4 Å². The molecule has 0 radical (unpaired) electrons. The zero-order valence-corrected chi connectivity index (χ0v) is 15.9. The summed E-state index contributed by atoms with van der Waals surface area (Å²) in [5, 5.41) is 29.4. The van der Waals surface area contributed by atoms with Gasteiger partial charge in [0.2, 0.25) is 0 Å². The summed E-state index contributed by atoms with van der Waals surface area (Å²) in [6.07, 6.45) is 1.57. The molecule has 0 aliphatic carbocycles. The summed E-state index contributed by atoms with van der Waals surface area (Å²) in [6, 6.07) is 9.24. The Morgan fingerprint density at radius 1 is 1.03 bits per heavy atom. The molecule has 0 unspecified atom stereocenters. The molecule has 0 aliphatic heterocycles. The predicted molar refractivity (Wildman–Crippen MR) is 105 cm³/mol. The Bertz CT molecular complexity index is 1080. The summed E-state index contributed by atoms with van der Waals surface area (Å²) < 4.78 is 1.48. The second-order valence-electron chi connectivity index (χ2n) is 5.81. The first-order chi connectivity index (χ1) is 13.7. The van der Waals surface area contributed by atoms with Crippen LogP contribution in [0.5, 0.6) is 0 Å². The fraction of sp³-hybridized carbons (Fsp3) is 0.0588. The van der Waals surface area contributed by atoms with Gasteiger partial charge in [-0.25, -0.2) is 0 Å². The van der Waals surface area contributed by atoms with Crippen LogP contribution in [0.1, 0.15) is 15.9 Å². The third-order valence-corrected chi connectivity index (χ3v) is 4.56. The number of hydrogen-bond donors (Lipinski definition) is 1. The van der Waals surface area contributed by atoms with Gasteiger partial charge in [0.05, 0.1) is 28.0 Å². The summed E-state index contributed by atoms with van der Waals surface area (Å²) >= 11 is 12.3. The Morgan fingerprint density at radius 2 is 1.62 bits per heavy atom. The lowest BCUT2D eigenvalue weighted by Gasteiger charge is -2.07. The van der Waals surface area contributed by atoms with E-state index in [4.69, 9.17) is 23.2 Å². The highest BCUT2D eigenvalue weighted by Crippen LogP contribution is 2.26. The van der Waals surface area contributed by atoms with E-state index in [0.717, 1.165) is 18.2 Å². The summed E-state index contributed by atoms with van der Waals surface area (Å²) in [5.41, 5.74) is -0.729. The molecule has 1 aromatic heterocycles. The lowest BCUT2D eigenvalue weighted by molar-refractivity contribution is -0.394. The fourth-order valence-electron chi connectivity index (χ4n) is 2.49. The van der Waals surface area contributed by atoms with E-state index in [-0.39, 0.29) is 17.9 Å². The number of nitrogens with one attached hydrogen (secondary N) is 1. The number of carbonyl (C=O) groups is 1. The number of nitro benzene ring substituents is 2. The molecule has 0 bridgehead atoms. The summed E-state index contributed by atoms with van der Waals surface area (Å²) in [6.45, 7) is 0.247. The van der Waals surface area contributed by atoms with Crippen molar-refractivity contribution in [3.8, 4) is 0 Å². The van der Waals surface area contributed by atoms with Crippen LogP contribution >= 0.6 is 23.2 Å². The number of nitrogens with zero attached hydrogens (tertiary/aromatic N) is 4. The largest absolute Gasteiger partial charge is 0.305 e. The number of hydrogen-bond acceptors (Lipinski definition) is 6. The van der Waals surface area contributed by atoms with Crippen LogP contribution in [0.25, 0.3) is 0 Å². The first kappa shape index (κ1) is 20.2. The van der Waals surface area contributed by atoms with Crippen LogP contribution in [0, 0.1) is 20.2 Å². The minimum Gasteiger partial charge on any atom is -0.305 e. The normalized spacial score (nSPS) is 10.6. The van der Waals surface area contributed by atoms with Crippen molar-refractivity contribution in [2.24, 2.45) is 0 Å². The number of halogens is 2. The lowest BCUT2D eigenvalue weighted by atomic mass is 10.1. The van der Waals surface area contributed by atoms with Crippen molar-refractivity contribution in [3.05, 3.63) is 90.1 Å². The zero-order chi connectivity index (χ0) is 21.1. The molecule has 0 fully saturated rings. The standard InChI is InChI=1S/C17H11Cl2N5O5/c18-14-2-1-3-15(19)13(14)9-22-5-4-16(21-22)20-17(25)10-6-11(23(26)27)8-12(7-10)24(28)29/h1-8H,9H2,(H,20,21,25). The molecule has 29 heavy (non-hydrogen) atoms. The number of carbonyl (C=O) groups excluding carboxylic acids is 1. The highest BCUT2D eigenvalue weighted by atomic mass is 35.5. The van der Waals surface area contributed by atoms with E-state index >= 15 is 0 Å². The Morgan fingerprint density at radius 3 is 2.17 bits per heavy atom. The van der Waals surface area contributed by atoms with Crippen LogP contribution in [-0.2, 0) is 6.54 Å². The van der Waals surface area contributed by atoms with Gasteiger partial charge in [0.1, 0.15) is 0 Å². The number of amides is 1. The van der Waals surface area contributed by atoms with E-state index in [9.17, 15) is 25.0 Å². The van der Waals surface area contributed by atoms with Gasteiger partial charge in [-0.15, -0.1) is 0 Å². The van der Waals surface area contributed by atoms with Crippen molar-refractivity contribution >= 4 is 46.3 Å². The van der Waals surface area contributed by atoms with Gasteiger partial charge in [0.15, 0.2) is 5.82 Å². The van der Waals surface area contributed by atoms with Gasteiger partial charge in [-0.05, 0) is 12.1 Å². The first-order valence-corrected chi connectivity index (χ1v) is 8.72. The Labute approximate surface area is 173 Å². The van der Waals surface area contributed by atoms with Crippen molar-refractivity contribution < 1.29 is 14.6 Å². The molecular formula is C17H11Cl2N5O5. The number of benzene rings is 2. The Hall–Kier alpha value is -3.50. The van der Waals surface area contributed by atoms with Gasteiger partial charge in [-0.1, -0.05) is 29.3 Å². The molecular weight excluding hydrogens is 425 g/mol. The van der Waals surface area contributed by atoms with Crippen LogP contribution in [0.4, 0.5) is 17.2 Å². The van der Waals surface area contributed by atoms with Crippen LogP contribution in [0.15, 0.2) is 48.7 Å². The predicted octanol–water partition coefficient (Wildman–Crippen LogP) is 4.31. The van der Waals surface area contributed by atoms with Crippen LogP contribution in [0.3, 0.4) is 0 Å². The van der Waals surface area contributed by atoms with Crippen molar-refractivity contribution in [3.63, 3.8) is 0 Å². The van der Waals surface area contributed by atoms with Crippen LogP contribution in [-0.4, -0.2) is 25.5 Å². The number of rotatable bonds is 6. The third kappa shape index (κ3) is 4.68. The number of aromatic nitrogens is 2. The lowest BCUT2D eigenvalue weighted by Crippen LogP contribution is -2.13. The van der Waals surface area contributed by atoms with Gasteiger partial charge in [0, 0.05) is 40.0 Å². The minimum absolute atomic E-state index is 0.146. The quantitative estimate of drug-likeness (QED) is 0.452. The average molecular weight is 436 g/mol. The van der Waals surface area contributed by atoms with Crippen molar-refractivity contribution in [1.29, 1.82) is 0 Å². The maximum atomic E-state index is 12.4. The molecule has 0 aliphatic rings. The van der Waals surface area contributed by atoms with Crippen molar-refractivity contribution in [2.45, 2.75) is 6.54 Å². The van der Waals surface area contributed by atoms with Gasteiger partial charge in [-0.2, -0.15) is 5.10 Å². The van der Waals surface area contributed by atoms with E-state index in [1.54, 1.807) is 24.4 Å². The topological polar surface area (TPSA) is 133 Å². The fourth-order valence-corrected chi connectivity index (χ4v) is 3.00. The Kier molecular flexibility index (Phi) is 5.76. The smallest absolute Gasteiger partial charge is 0.277 e. The molecule has 1 amide bonds. The second kappa shape index (κ2) is 8.25. The summed E-state index contributed by atoms with van der Waals surface area (Å²) in [5.74, 6) is -0.634. The van der Waals surface area contributed by atoms with Crippen molar-refractivity contribution in [1.82, 2.24) is 9.78 Å². The van der Waals surface area contributed by atoms with Gasteiger partial charge >= 0.3 is 0 Å². The first-order valence-electron chi connectivity index (χ1n) is 7.96. The van der Waals surface area contributed by atoms with Crippen LogP contribution in [0.2, 0.25) is 10.0 Å². The van der Waals surface area contributed by atoms with E-state index in [1.807, 2.05) is 0 Å². The van der Waals surface area contributed by atoms with E-state index in [1.165, 1.54) is 10.7 Å². The highest BCUT2D eigenvalue weighted by Gasteiger charge is 2.20. The minimum atomic E-state index is -0.814. The highest BCUT2D eigenvalue weighted by molar-refractivity contribution is 6.35. The average Bonchev–Trinajstić information content (AvgIpc) is 3.11. The monoisotopic (exact) mass is 435 g/mol. The molecule has 148 valence electrons. The molecule has 3 aromatic rings. The van der Waals surface area contributed by atoms with Gasteiger partial charge in [-0.3, -0.25) is 29.7 Å². The molecule has 0 spiro atoms. The second-order valence-corrected chi connectivity index (χ2v) is 6.62. The molecule has 0 saturated carbocycles. The van der Waals surface area contributed by atoms with Gasteiger partial charge < -0.3 is 5.32 Å². The molecule has 3 rings (SSSR count). The summed E-state index contributed by atoms with van der Waals surface area (Å²) in [4.78, 5) is 32.7. The molecule has 2 aromatic carbocycles. The van der Waals surface area contributed by atoms with Crippen molar-refractivity contribution in [2.75, 3.05) is 5.32 Å². The maximum absolute atomic E-state index is 12.4. The molecule has 12 heteroatoms. The zero-order valence-electron chi connectivity index (χ0n) is 14.4. The number of non-ortho nitro benzene ring substituents is 2. The molecule has 0 saturated heterocycles. The van der Waals surface area contributed by atoms with E-state index < -0.39 is 27.1 Å². The molecule has 0 atom stereocenters. The number of nitro groups is 2. The van der Waals surface area contributed by atoms with Crippen LogP contribution < -0.4 is 5.32 Å². The molecule has 1 N–H and O–H groups in total. The Balaban J connectivity index is 1.80. The number of anilines is 1. The van der Waals surface area contributed by atoms with E-state index in [0.29, 0.717) is 15.6 Å². The molecule has 10 nitrogen and oxygen atoms in total. The summed E-state index contributed by atoms with van der Waals surface area (Å²) in [7, 11) is 0. The SMILES string of the molecule is O=C(Nc1ccn(Cc2c(Cl)cccc2Cl)n1)c1cc([N+](=O)[O-])cc([N+](=O)[O-])c1. The third-order valence-electron chi connectivity index (χ3n) is 3.85. The molecule has 1 heterocycles. The van der Waals surface area contributed by atoms with Gasteiger partial charge in [0.25, 0.3) is 17.3 Å².